The van der Waals surface area contributed by atoms with E-state index in [1.165, 1.54) is 19.3 Å². The zero-order valence-corrected chi connectivity index (χ0v) is 18.4. The van der Waals surface area contributed by atoms with Crippen LogP contribution >= 0.6 is 11.3 Å². The second kappa shape index (κ2) is 9.39. The predicted molar refractivity (Wildman–Crippen MR) is 123 cm³/mol. The van der Waals surface area contributed by atoms with E-state index in [1.807, 2.05) is 29.2 Å². The average Bonchev–Trinajstić information content (AvgIpc) is 3.45. The standard InChI is InChI=1S/C22H24N8OS/c31-20(25-16-7-2-1-3-8-16)15-29-13-17(27-28-29)14-30(21-23-11-6-12-24-21)22-26-18-9-4-5-10-19(18)32-22/h4-6,9-13,16H,1-3,7-8,14-15H2,(H,25,31). The van der Waals surface area contributed by atoms with E-state index >= 15 is 0 Å². The number of thiazole rings is 1. The molecule has 4 aromatic rings. The Bertz CT molecular complexity index is 1150. The smallest absolute Gasteiger partial charge is 0.242 e. The van der Waals surface area contributed by atoms with Gasteiger partial charge in [-0.2, -0.15) is 0 Å². The zero-order chi connectivity index (χ0) is 21.8. The molecule has 1 fully saturated rings. The van der Waals surface area contributed by atoms with E-state index in [-0.39, 0.29) is 18.5 Å². The molecule has 1 saturated carbocycles. The van der Waals surface area contributed by atoms with Crippen molar-refractivity contribution in [2.45, 2.75) is 51.2 Å². The third-order valence-corrected chi connectivity index (χ3v) is 6.55. The quantitative estimate of drug-likeness (QED) is 0.462. The number of benzene rings is 1. The summed E-state index contributed by atoms with van der Waals surface area (Å²) < 4.78 is 2.67. The van der Waals surface area contributed by atoms with Gasteiger partial charge in [0.2, 0.25) is 11.9 Å². The Morgan fingerprint density at radius 2 is 1.94 bits per heavy atom. The van der Waals surface area contributed by atoms with Gasteiger partial charge in [0.25, 0.3) is 0 Å². The maximum absolute atomic E-state index is 12.4. The van der Waals surface area contributed by atoms with E-state index in [9.17, 15) is 4.79 Å². The van der Waals surface area contributed by atoms with Crippen molar-refractivity contribution in [3.05, 3.63) is 54.6 Å². The van der Waals surface area contributed by atoms with Gasteiger partial charge >= 0.3 is 0 Å². The maximum atomic E-state index is 12.4. The molecule has 0 atom stereocenters. The van der Waals surface area contributed by atoms with Gasteiger partial charge in [0.15, 0.2) is 5.13 Å². The summed E-state index contributed by atoms with van der Waals surface area (Å²) in [6, 6.07) is 10.1. The Hall–Kier alpha value is -3.40. The number of rotatable bonds is 7. The normalized spacial score (nSPS) is 14.5. The van der Waals surface area contributed by atoms with Crippen molar-refractivity contribution in [1.82, 2.24) is 35.3 Å². The first kappa shape index (κ1) is 20.5. The molecule has 1 aromatic carbocycles. The van der Waals surface area contributed by atoms with Crippen molar-refractivity contribution in [2.24, 2.45) is 0 Å². The maximum Gasteiger partial charge on any atom is 0.242 e. The molecular weight excluding hydrogens is 424 g/mol. The molecule has 0 aliphatic heterocycles. The highest BCUT2D eigenvalue weighted by Gasteiger charge is 2.20. The van der Waals surface area contributed by atoms with Crippen LogP contribution in [0.4, 0.5) is 11.1 Å². The molecule has 10 heteroatoms. The van der Waals surface area contributed by atoms with E-state index in [2.05, 4.69) is 25.6 Å². The minimum atomic E-state index is -0.0252. The number of carbonyl (C=O) groups is 1. The number of nitrogens with one attached hydrogen (secondary N) is 1. The van der Waals surface area contributed by atoms with Gasteiger partial charge in [0, 0.05) is 18.4 Å². The molecule has 3 heterocycles. The Kier molecular flexibility index (Phi) is 6.02. The van der Waals surface area contributed by atoms with Gasteiger partial charge in [-0.1, -0.05) is 47.9 Å². The number of fused-ring (bicyclic) bond motifs is 1. The lowest BCUT2D eigenvalue weighted by molar-refractivity contribution is -0.122. The highest BCUT2D eigenvalue weighted by Crippen LogP contribution is 2.32. The molecule has 0 unspecified atom stereocenters. The van der Waals surface area contributed by atoms with Crippen molar-refractivity contribution in [1.29, 1.82) is 0 Å². The molecule has 5 rings (SSSR count). The second-order valence-corrected chi connectivity index (χ2v) is 8.92. The van der Waals surface area contributed by atoms with Crippen molar-refractivity contribution in [3.63, 3.8) is 0 Å². The Morgan fingerprint density at radius 1 is 1.12 bits per heavy atom. The number of nitrogens with zero attached hydrogens (tertiary/aromatic N) is 7. The number of hydrogen-bond acceptors (Lipinski definition) is 8. The first-order chi connectivity index (χ1) is 15.7. The third kappa shape index (κ3) is 4.75. The van der Waals surface area contributed by atoms with E-state index in [1.54, 1.807) is 40.7 Å². The van der Waals surface area contributed by atoms with E-state index in [0.717, 1.165) is 28.2 Å². The summed E-state index contributed by atoms with van der Waals surface area (Å²) >= 11 is 1.57. The van der Waals surface area contributed by atoms with Crippen LogP contribution in [0.15, 0.2) is 48.9 Å². The van der Waals surface area contributed by atoms with Crippen LogP contribution in [0.1, 0.15) is 37.8 Å². The molecule has 9 nitrogen and oxygen atoms in total. The molecule has 164 valence electrons. The van der Waals surface area contributed by atoms with Gasteiger partial charge in [0.05, 0.1) is 23.0 Å². The van der Waals surface area contributed by atoms with E-state index in [0.29, 0.717) is 18.2 Å². The molecule has 3 aromatic heterocycles. The summed E-state index contributed by atoms with van der Waals surface area (Å²) in [5, 5.41) is 12.3. The molecular formula is C22H24N8OS. The first-order valence-electron chi connectivity index (χ1n) is 10.8. The van der Waals surface area contributed by atoms with Crippen LogP contribution in [0, 0.1) is 0 Å². The van der Waals surface area contributed by atoms with Crippen molar-refractivity contribution in [3.8, 4) is 0 Å². The van der Waals surface area contributed by atoms with Gasteiger partial charge in [0.1, 0.15) is 12.2 Å². The molecule has 0 radical (unpaired) electrons. The fourth-order valence-electron chi connectivity index (χ4n) is 3.95. The van der Waals surface area contributed by atoms with Crippen LogP contribution < -0.4 is 10.2 Å². The molecule has 1 amide bonds. The largest absolute Gasteiger partial charge is 0.352 e. The topological polar surface area (TPSA) is 102 Å². The SMILES string of the molecule is O=C(Cn1cc(CN(c2ncccn2)c2nc3ccccc3s2)nn1)NC1CCCCC1. The number of aromatic nitrogens is 6. The fraction of sp³-hybridized carbons (Fsp3) is 0.364. The minimum absolute atomic E-state index is 0.0252. The lowest BCUT2D eigenvalue weighted by Gasteiger charge is -2.22. The predicted octanol–water partition coefficient (Wildman–Crippen LogP) is 3.47. The molecule has 0 saturated heterocycles. The summed E-state index contributed by atoms with van der Waals surface area (Å²) in [6.07, 6.45) is 10.9. The minimum Gasteiger partial charge on any atom is -0.352 e. The summed E-state index contributed by atoms with van der Waals surface area (Å²) in [7, 11) is 0. The fourth-order valence-corrected chi connectivity index (χ4v) is 4.91. The van der Waals surface area contributed by atoms with Crippen molar-refractivity contribution in [2.75, 3.05) is 4.90 Å². The lowest BCUT2D eigenvalue weighted by Crippen LogP contribution is -2.38. The van der Waals surface area contributed by atoms with Gasteiger partial charge in [-0.15, -0.1) is 5.10 Å². The summed E-state index contributed by atoms with van der Waals surface area (Å²) in [5.74, 6) is 0.513. The van der Waals surface area contributed by atoms with Crippen LogP contribution in [0.3, 0.4) is 0 Å². The molecule has 32 heavy (non-hydrogen) atoms. The highest BCUT2D eigenvalue weighted by atomic mass is 32.1. The van der Waals surface area contributed by atoms with Crippen LogP contribution in [0.2, 0.25) is 0 Å². The summed E-state index contributed by atoms with van der Waals surface area (Å²) in [4.78, 5) is 27.9. The van der Waals surface area contributed by atoms with Crippen molar-refractivity contribution < 1.29 is 4.79 Å². The molecule has 0 spiro atoms. The number of hydrogen-bond donors (Lipinski definition) is 1. The molecule has 1 aliphatic rings. The van der Waals surface area contributed by atoms with Crippen molar-refractivity contribution >= 4 is 38.5 Å². The number of carbonyl (C=O) groups excluding carboxylic acids is 1. The Labute approximate surface area is 189 Å². The summed E-state index contributed by atoms with van der Waals surface area (Å²) in [6.45, 7) is 0.556. The first-order valence-corrected chi connectivity index (χ1v) is 11.6. The van der Waals surface area contributed by atoms with Crippen LogP contribution in [0.5, 0.6) is 0 Å². The van der Waals surface area contributed by atoms with Gasteiger partial charge in [-0.05, 0) is 31.0 Å². The lowest BCUT2D eigenvalue weighted by atomic mass is 9.95. The van der Waals surface area contributed by atoms with Crippen LogP contribution in [-0.4, -0.2) is 41.9 Å². The molecule has 1 N–H and O–H groups in total. The zero-order valence-electron chi connectivity index (χ0n) is 17.6. The van der Waals surface area contributed by atoms with Gasteiger partial charge in [-0.3, -0.25) is 9.69 Å². The molecule has 1 aliphatic carbocycles. The number of para-hydroxylation sites is 1. The average molecular weight is 449 g/mol. The third-order valence-electron chi connectivity index (χ3n) is 5.49. The Balaban J connectivity index is 1.32. The van der Waals surface area contributed by atoms with Gasteiger partial charge < -0.3 is 5.32 Å². The van der Waals surface area contributed by atoms with Crippen LogP contribution in [-0.2, 0) is 17.9 Å². The summed E-state index contributed by atoms with van der Waals surface area (Å²) in [5.41, 5.74) is 1.64. The number of amides is 1. The van der Waals surface area contributed by atoms with Crippen LogP contribution in [0.25, 0.3) is 10.2 Å². The number of anilines is 2. The second-order valence-electron chi connectivity index (χ2n) is 7.91. The Morgan fingerprint density at radius 3 is 2.75 bits per heavy atom. The monoisotopic (exact) mass is 448 g/mol. The highest BCUT2D eigenvalue weighted by molar-refractivity contribution is 7.22. The van der Waals surface area contributed by atoms with Gasteiger partial charge in [-0.25, -0.2) is 19.6 Å². The van der Waals surface area contributed by atoms with E-state index in [4.69, 9.17) is 4.98 Å². The molecule has 0 bridgehead atoms. The van der Waals surface area contributed by atoms with E-state index < -0.39 is 0 Å².